The molecule has 1 unspecified atom stereocenters. The van der Waals surface area contributed by atoms with E-state index in [9.17, 15) is 4.79 Å². The summed E-state index contributed by atoms with van der Waals surface area (Å²) in [7, 11) is 0. The van der Waals surface area contributed by atoms with E-state index in [2.05, 4.69) is 15.4 Å². The van der Waals surface area contributed by atoms with E-state index in [0.717, 1.165) is 25.8 Å². The topological polar surface area (TPSA) is 87.9 Å². The molecule has 1 saturated heterocycles. The second kappa shape index (κ2) is 5.07. The molecule has 6 nitrogen and oxygen atoms in total. The summed E-state index contributed by atoms with van der Waals surface area (Å²) in [5.74, 6) is -0.0353. The Kier molecular flexibility index (Phi) is 3.51. The first-order chi connectivity index (χ1) is 7.83. The number of aromatic amines is 1. The maximum atomic E-state index is 12.1. The Hall–Kier alpha value is -1.43. The lowest BCUT2D eigenvalue weighted by molar-refractivity contribution is 0.0599. The summed E-state index contributed by atoms with van der Waals surface area (Å²) in [6.45, 7) is 1.42. The van der Waals surface area contributed by atoms with Crippen molar-refractivity contribution in [1.29, 1.82) is 0 Å². The summed E-state index contributed by atoms with van der Waals surface area (Å²) in [4.78, 5) is 14.0. The molecule has 16 heavy (non-hydrogen) atoms. The van der Waals surface area contributed by atoms with Crippen LogP contribution in [0, 0.1) is 0 Å². The normalized spacial score (nSPS) is 21.1. The van der Waals surface area contributed by atoms with E-state index in [-0.39, 0.29) is 11.9 Å². The molecule has 1 aliphatic heterocycles. The average molecular weight is 223 g/mol. The summed E-state index contributed by atoms with van der Waals surface area (Å²) in [5, 5.41) is 9.95. The Bertz CT molecular complexity index is 335. The standard InChI is InChI=1S/C10H17N5O/c11-5-4-8-3-1-2-6-15(8)10(16)9-7-12-14-13-9/h7-8H,1-6,11H2,(H,12,13,14). The minimum Gasteiger partial charge on any atom is -0.334 e. The molecule has 1 fully saturated rings. The molecule has 0 aliphatic carbocycles. The van der Waals surface area contributed by atoms with Crippen LogP contribution in [-0.2, 0) is 0 Å². The number of aromatic nitrogens is 3. The van der Waals surface area contributed by atoms with Gasteiger partial charge in [0.25, 0.3) is 5.91 Å². The predicted molar refractivity (Wildman–Crippen MR) is 58.7 cm³/mol. The number of carbonyl (C=O) groups excluding carboxylic acids is 1. The van der Waals surface area contributed by atoms with Crippen LogP contribution in [0.3, 0.4) is 0 Å². The molecule has 88 valence electrons. The van der Waals surface area contributed by atoms with Crippen LogP contribution in [0.15, 0.2) is 6.20 Å². The van der Waals surface area contributed by atoms with Crippen LogP contribution in [0.5, 0.6) is 0 Å². The number of rotatable bonds is 3. The molecule has 1 amide bonds. The highest BCUT2D eigenvalue weighted by Crippen LogP contribution is 2.20. The van der Waals surface area contributed by atoms with Gasteiger partial charge in [-0.3, -0.25) is 4.79 Å². The van der Waals surface area contributed by atoms with E-state index in [1.54, 1.807) is 0 Å². The first kappa shape index (κ1) is 11.1. The van der Waals surface area contributed by atoms with Gasteiger partial charge < -0.3 is 10.6 Å². The highest BCUT2D eigenvalue weighted by atomic mass is 16.2. The van der Waals surface area contributed by atoms with Crippen molar-refractivity contribution in [2.45, 2.75) is 31.7 Å². The van der Waals surface area contributed by atoms with Crippen molar-refractivity contribution in [2.24, 2.45) is 5.73 Å². The predicted octanol–water partition coefficient (Wildman–Crippen LogP) is 0.148. The molecule has 1 aromatic heterocycles. The van der Waals surface area contributed by atoms with Gasteiger partial charge in [-0.15, -0.1) is 0 Å². The monoisotopic (exact) mass is 223 g/mol. The zero-order valence-electron chi connectivity index (χ0n) is 9.22. The number of hydrogen-bond acceptors (Lipinski definition) is 4. The number of nitrogens with zero attached hydrogens (tertiary/aromatic N) is 3. The van der Waals surface area contributed by atoms with E-state index in [4.69, 9.17) is 5.73 Å². The lowest BCUT2D eigenvalue weighted by atomic mass is 9.99. The summed E-state index contributed by atoms with van der Waals surface area (Å²) < 4.78 is 0. The fourth-order valence-corrected chi connectivity index (χ4v) is 2.21. The van der Waals surface area contributed by atoms with Crippen molar-refractivity contribution in [1.82, 2.24) is 20.3 Å². The second-order valence-electron chi connectivity index (χ2n) is 4.08. The van der Waals surface area contributed by atoms with Crippen molar-refractivity contribution >= 4 is 5.91 Å². The highest BCUT2D eigenvalue weighted by molar-refractivity contribution is 5.92. The fourth-order valence-electron chi connectivity index (χ4n) is 2.21. The zero-order chi connectivity index (χ0) is 11.4. The van der Waals surface area contributed by atoms with Crippen molar-refractivity contribution in [3.8, 4) is 0 Å². The lowest BCUT2D eigenvalue weighted by Crippen LogP contribution is -2.44. The summed E-state index contributed by atoms with van der Waals surface area (Å²) in [6.07, 6.45) is 5.61. The molecule has 0 aromatic carbocycles. The molecule has 0 bridgehead atoms. The van der Waals surface area contributed by atoms with Gasteiger partial charge in [-0.25, -0.2) is 0 Å². The number of likely N-dealkylation sites (tertiary alicyclic amines) is 1. The van der Waals surface area contributed by atoms with E-state index < -0.39 is 0 Å². The molecular formula is C10H17N5O. The third kappa shape index (κ3) is 2.21. The smallest absolute Gasteiger partial charge is 0.276 e. The first-order valence-electron chi connectivity index (χ1n) is 5.69. The van der Waals surface area contributed by atoms with Crippen LogP contribution in [-0.4, -0.2) is 45.3 Å². The van der Waals surface area contributed by atoms with Crippen LogP contribution in [0.25, 0.3) is 0 Å². The van der Waals surface area contributed by atoms with Crippen LogP contribution < -0.4 is 5.73 Å². The van der Waals surface area contributed by atoms with Gasteiger partial charge in [0.2, 0.25) is 0 Å². The Labute approximate surface area is 94.2 Å². The molecule has 2 heterocycles. The quantitative estimate of drug-likeness (QED) is 0.763. The Morgan fingerprint density at radius 1 is 1.62 bits per heavy atom. The van der Waals surface area contributed by atoms with Crippen LogP contribution >= 0.6 is 0 Å². The minimum atomic E-state index is -0.0353. The van der Waals surface area contributed by atoms with Gasteiger partial charge in [0.15, 0.2) is 5.69 Å². The molecule has 6 heteroatoms. The minimum absolute atomic E-state index is 0.0353. The third-order valence-corrected chi connectivity index (χ3v) is 3.02. The highest BCUT2D eigenvalue weighted by Gasteiger charge is 2.27. The number of nitrogens with two attached hydrogens (primary N) is 1. The van der Waals surface area contributed by atoms with Gasteiger partial charge in [0.05, 0.1) is 6.20 Å². The fraction of sp³-hybridized carbons (Fsp3) is 0.700. The first-order valence-corrected chi connectivity index (χ1v) is 5.69. The van der Waals surface area contributed by atoms with E-state index in [1.165, 1.54) is 12.6 Å². The zero-order valence-corrected chi connectivity index (χ0v) is 9.22. The second-order valence-corrected chi connectivity index (χ2v) is 4.08. The molecule has 0 radical (unpaired) electrons. The van der Waals surface area contributed by atoms with Crippen LogP contribution in [0.4, 0.5) is 0 Å². The number of H-pyrrole nitrogens is 1. The summed E-state index contributed by atoms with van der Waals surface area (Å²) in [5.41, 5.74) is 5.96. The summed E-state index contributed by atoms with van der Waals surface area (Å²) >= 11 is 0. The van der Waals surface area contributed by atoms with Gasteiger partial charge in [-0.05, 0) is 32.2 Å². The molecule has 3 N–H and O–H groups in total. The molecule has 1 atom stereocenters. The molecular weight excluding hydrogens is 206 g/mol. The number of piperidine rings is 1. The maximum Gasteiger partial charge on any atom is 0.276 e. The number of carbonyl (C=O) groups is 1. The third-order valence-electron chi connectivity index (χ3n) is 3.02. The SMILES string of the molecule is NCCC1CCCCN1C(=O)c1cn[nH]n1. The van der Waals surface area contributed by atoms with E-state index >= 15 is 0 Å². The van der Waals surface area contributed by atoms with Crippen molar-refractivity contribution in [3.05, 3.63) is 11.9 Å². The van der Waals surface area contributed by atoms with Crippen molar-refractivity contribution in [2.75, 3.05) is 13.1 Å². The lowest BCUT2D eigenvalue weighted by Gasteiger charge is -2.35. The number of hydrogen-bond donors (Lipinski definition) is 2. The average Bonchev–Trinajstić information content (AvgIpc) is 2.83. The van der Waals surface area contributed by atoms with Gasteiger partial charge >= 0.3 is 0 Å². The van der Waals surface area contributed by atoms with Crippen LogP contribution in [0.1, 0.15) is 36.2 Å². The van der Waals surface area contributed by atoms with E-state index in [1.807, 2.05) is 4.90 Å². The van der Waals surface area contributed by atoms with E-state index in [0.29, 0.717) is 12.2 Å². The molecule has 2 rings (SSSR count). The van der Waals surface area contributed by atoms with Gasteiger partial charge in [0, 0.05) is 12.6 Å². The van der Waals surface area contributed by atoms with Crippen LogP contribution in [0.2, 0.25) is 0 Å². The van der Waals surface area contributed by atoms with Gasteiger partial charge in [0.1, 0.15) is 0 Å². The van der Waals surface area contributed by atoms with Gasteiger partial charge in [-0.2, -0.15) is 15.4 Å². The Balaban J connectivity index is 2.08. The Morgan fingerprint density at radius 3 is 3.19 bits per heavy atom. The van der Waals surface area contributed by atoms with Crippen molar-refractivity contribution < 1.29 is 4.79 Å². The molecule has 0 saturated carbocycles. The summed E-state index contributed by atoms with van der Waals surface area (Å²) in [6, 6.07) is 0.267. The van der Waals surface area contributed by atoms with Crippen molar-refractivity contribution in [3.63, 3.8) is 0 Å². The number of nitrogens with one attached hydrogen (secondary N) is 1. The Morgan fingerprint density at radius 2 is 2.50 bits per heavy atom. The maximum absolute atomic E-state index is 12.1. The molecule has 1 aliphatic rings. The molecule has 1 aromatic rings. The largest absolute Gasteiger partial charge is 0.334 e. The number of amides is 1. The van der Waals surface area contributed by atoms with Gasteiger partial charge in [-0.1, -0.05) is 0 Å². The molecule has 0 spiro atoms.